The second kappa shape index (κ2) is 6.57. The molecule has 1 aromatic carbocycles. The summed E-state index contributed by atoms with van der Waals surface area (Å²) in [7, 11) is 0. The number of pyridine rings is 1. The second-order valence-corrected chi connectivity index (χ2v) is 7.67. The molecule has 2 aromatic heterocycles. The molecule has 0 saturated carbocycles. The molecule has 9 heteroatoms. The molecule has 0 spiro atoms. The molecule has 136 valence electrons. The Morgan fingerprint density at radius 3 is 2.73 bits per heavy atom. The number of aromatic carboxylic acids is 1. The summed E-state index contributed by atoms with van der Waals surface area (Å²) in [5.41, 5.74) is 0.0222. The predicted octanol–water partition coefficient (Wildman–Crippen LogP) is 2.48. The van der Waals surface area contributed by atoms with Gasteiger partial charge in [-0.15, -0.1) is 23.1 Å². The van der Waals surface area contributed by atoms with E-state index in [0.717, 1.165) is 18.1 Å². The molecule has 0 aliphatic carbocycles. The topological polar surface area (TPSA) is 74.0 Å². The molecule has 4 rings (SSSR count). The first-order chi connectivity index (χ1) is 12.5. The Morgan fingerprint density at radius 1 is 1.35 bits per heavy atom. The van der Waals surface area contributed by atoms with Crippen LogP contribution < -0.4 is 15.6 Å². The highest BCUT2D eigenvalue weighted by atomic mass is 32.2. The fourth-order valence-electron chi connectivity index (χ4n) is 3.34. The number of nitrogens with one attached hydrogen (secondary N) is 1. The van der Waals surface area contributed by atoms with Crippen molar-refractivity contribution in [1.29, 1.82) is 0 Å². The summed E-state index contributed by atoms with van der Waals surface area (Å²) in [6, 6.07) is 2.85. The van der Waals surface area contributed by atoms with Crippen LogP contribution in [0.4, 0.5) is 10.1 Å². The highest BCUT2D eigenvalue weighted by Gasteiger charge is 2.23. The number of nitrogens with zero attached hydrogens (tertiary/aromatic N) is 2. The fraction of sp³-hybridized carbons (Fsp3) is 0.294. The summed E-state index contributed by atoms with van der Waals surface area (Å²) in [6.45, 7) is 2.87. The third-order valence-electron chi connectivity index (χ3n) is 4.57. The van der Waals surface area contributed by atoms with E-state index in [-0.39, 0.29) is 10.9 Å². The highest BCUT2D eigenvalue weighted by Crippen LogP contribution is 2.32. The number of aromatic nitrogens is 1. The number of carbonyl (C=O) groups is 1. The van der Waals surface area contributed by atoms with Crippen molar-refractivity contribution < 1.29 is 14.3 Å². The largest absolute Gasteiger partial charge is 0.477 e. The second-order valence-electron chi connectivity index (χ2n) is 5.99. The van der Waals surface area contributed by atoms with E-state index in [9.17, 15) is 19.1 Å². The lowest BCUT2D eigenvalue weighted by molar-refractivity contribution is 0.0697. The smallest absolute Gasteiger partial charge is 0.342 e. The fourth-order valence-corrected chi connectivity index (χ4v) is 5.21. The number of anilines is 1. The van der Waals surface area contributed by atoms with E-state index >= 15 is 0 Å². The molecule has 6 nitrogen and oxygen atoms in total. The molecule has 0 bridgehead atoms. The summed E-state index contributed by atoms with van der Waals surface area (Å²) >= 11 is 2.66. The maximum absolute atomic E-state index is 14.8. The molecule has 1 fully saturated rings. The van der Waals surface area contributed by atoms with E-state index in [4.69, 9.17) is 0 Å². The minimum absolute atomic E-state index is 0.0879. The number of thioether (sulfide) groups is 1. The van der Waals surface area contributed by atoms with Gasteiger partial charge in [0.15, 0.2) is 0 Å². The number of rotatable bonds is 3. The van der Waals surface area contributed by atoms with Crippen LogP contribution in [0.3, 0.4) is 0 Å². The molecule has 1 aliphatic heterocycles. The molecule has 0 atom stereocenters. The zero-order chi connectivity index (χ0) is 18.4. The van der Waals surface area contributed by atoms with E-state index in [2.05, 4.69) is 5.32 Å². The Morgan fingerprint density at radius 2 is 2.08 bits per heavy atom. The summed E-state index contributed by atoms with van der Waals surface area (Å²) in [5, 5.41) is 15.5. The molecular formula is C17H16FN3O3S2. The van der Waals surface area contributed by atoms with Gasteiger partial charge < -0.3 is 15.3 Å². The lowest BCUT2D eigenvalue weighted by Gasteiger charge is -2.30. The first-order valence-electron chi connectivity index (χ1n) is 8.05. The van der Waals surface area contributed by atoms with Crippen LogP contribution in [-0.4, -0.2) is 47.9 Å². The summed E-state index contributed by atoms with van der Waals surface area (Å²) in [5.74, 6) is -1.80. The van der Waals surface area contributed by atoms with Crippen LogP contribution in [0.2, 0.25) is 0 Å². The van der Waals surface area contributed by atoms with Crippen molar-refractivity contribution in [2.45, 2.75) is 5.03 Å². The number of carboxylic acid groups (broad SMARTS) is 1. The van der Waals surface area contributed by atoms with Gasteiger partial charge in [0.25, 0.3) is 0 Å². The number of halogens is 1. The van der Waals surface area contributed by atoms with E-state index in [0.29, 0.717) is 29.1 Å². The SMILES string of the molecule is CSc1csc2c(C(=O)O)c(=O)c3cc(F)c(N4CCNCC4)cc3n12. The van der Waals surface area contributed by atoms with Gasteiger partial charge in [-0.2, -0.15) is 0 Å². The van der Waals surface area contributed by atoms with Gasteiger partial charge in [-0.3, -0.25) is 9.20 Å². The molecule has 1 aliphatic rings. The maximum atomic E-state index is 14.8. The lowest BCUT2D eigenvalue weighted by atomic mass is 10.1. The quantitative estimate of drug-likeness (QED) is 0.666. The Balaban J connectivity index is 2.10. The molecule has 3 heterocycles. The third kappa shape index (κ3) is 2.58. The Labute approximate surface area is 156 Å². The summed E-state index contributed by atoms with van der Waals surface area (Å²) in [6.07, 6.45) is 1.88. The summed E-state index contributed by atoms with van der Waals surface area (Å²) < 4.78 is 16.5. The van der Waals surface area contributed by atoms with Crippen molar-refractivity contribution >= 4 is 50.5 Å². The van der Waals surface area contributed by atoms with Gasteiger partial charge in [0.2, 0.25) is 5.43 Å². The molecule has 2 N–H and O–H groups in total. The number of piperazine rings is 1. The van der Waals surface area contributed by atoms with Crippen molar-refractivity contribution in [2.24, 2.45) is 0 Å². The Bertz CT molecular complexity index is 1090. The monoisotopic (exact) mass is 393 g/mol. The van der Waals surface area contributed by atoms with Gasteiger partial charge in [-0.25, -0.2) is 9.18 Å². The average molecular weight is 393 g/mol. The first kappa shape index (κ1) is 17.3. The van der Waals surface area contributed by atoms with Crippen molar-refractivity contribution in [3.8, 4) is 0 Å². The van der Waals surface area contributed by atoms with Gasteiger partial charge in [-0.05, 0) is 18.4 Å². The first-order valence-corrected chi connectivity index (χ1v) is 10.2. The van der Waals surface area contributed by atoms with Crippen molar-refractivity contribution in [3.63, 3.8) is 0 Å². The minimum atomic E-state index is -1.30. The van der Waals surface area contributed by atoms with Crippen LogP contribution >= 0.6 is 23.1 Å². The average Bonchev–Trinajstić information content (AvgIpc) is 3.05. The van der Waals surface area contributed by atoms with E-state index in [1.807, 2.05) is 16.5 Å². The number of hydrogen-bond donors (Lipinski definition) is 2. The van der Waals surface area contributed by atoms with Crippen LogP contribution in [0.25, 0.3) is 15.7 Å². The number of benzene rings is 1. The third-order valence-corrected chi connectivity index (χ3v) is 6.39. The van der Waals surface area contributed by atoms with Gasteiger partial charge in [0.1, 0.15) is 16.2 Å². The normalized spacial score (nSPS) is 15.1. The lowest BCUT2D eigenvalue weighted by Crippen LogP contribution is -2.43. The van der Waals surface area contributed by atoms with Crippen LogP contribution in [-0.2, 0) is 0 Å². The zero-order valence-corrected chi connectivity index (χ0v) is 15.5. The number of thiazole rings is 1. The van der Waals surface area contributed by atoms with Gasteiger partial charge in [-0.1, -0.05) is 0 Å². The molecule has 0 amide bonds. The van der Waals surface area contributed by atoms with Crippen LogP contribution in [0.5, 0.6) is 0 Å². The summed E-state index contributed by atoms with van der Waals surface area (Å²) in [4.78, 5) is 26.7. The predicted molar refractivity (Wildman–Crippen MR) is 103 cm³/mol. The molecule has 0 unspecified atom stereocenters. The highest BCUT2D eigenvalue weighted by molar-refractivity contribution is 7.98. The van der Waals surface area contributed by atoms with E-state index in [1.165, 1.54) is 29.2 Å². The van der Waals surface area contributed by atoms with Gasteiger partial charge in [0, 0.05) is 31.6 Å². The number of hydrogen-bond acceptors (Lipinski definition) is 6. The van der Waals surface area contributed by atoms with E-state index in [1.54, 1.807) is 10.5 Å². The van der Waals surface area contributed by atoms with Gasteiger partial charge >= 0.3 is 5.97 Å². The van der Waals surface area contributed by atoms with Crippen LogP contribution in [0.15, 0.2) is 27.3 Å². The number of carboxylic acids is 1. The molecule has 0 radical (unpaired) electrons. The van der Waals surface area contributed by atoms with Crippen molar-refractivity contribution in [3.05, 3.63) is 39.1 Å². The molecule has 1 saturated heterocycles. The molecule has 3 aromatic rings. The molecule has 26 heavy (non-hydrogen) atoms. The van der Waals surface area contributed by atoms with E-state index < -0.39 is 17.2 Å². The standard InChI is InChI=1S/C17H16FN3O3S2/c1-25-13-8-26-16-14(17(23)24)15(22)9-6-10(18)12(7-11(9)21(13)16)20-4-2-19-3-5-20/h6-8,19H,2-5H2,1H3,(H,23,24). The van der Waals surface area contributed by atoms with Crippen LogP contribution in [0.1, 0.15) is 10.4 Å². The zero-order valence-electron chi connectivity index (χ0n) is 13.9. The molecular weight excluding hydrogens is 377 g/mol. The maximum Gasteiger partial charge on any atom is 0.342 e. The van der Waals surface area contributed by atoms with Crippen LogP contribution in [0, 0.1) is 5.82 Å². The van der Waals surface area contributed by atoms with Crippen molar-refractivity contribution in [2.75, 3.05) is 37.3 Å². The van der Waals surface area contributed by atoms with Crippen molar-refractivity contribution in [1.82, 2.24) is 9.72 Å². The Kier molecular flexibility index (Phi) is 4.37. The Hall–Kier alpha value is -2.10. The van der Waals surface area contributed by atoms with Gasteiger partial charge in [0.05, 0.1) is 21.6 Å². The number of fused-ring (bicyclic) bond motifs is 3. The minimum Gasteiger partial charge on any atom is -0.477 e.